The zero-order chi connectivity index (χ0) is 28.5. The van der Waals surface area contributed by atoms with Gasteiger partial charge in [-0.25, -0.2) is 18.2 Å². The normalized spacial score (nSPS) is 14.7. The molecule has 0 aliphatic heterocycles. The van der Waals surface area contributed by atoms with E-state index >= 15 is 8.78 Å². The highest BCUT2D eigenvalue weighted by Gasteiger charge is 2.30. The Balaban J connectivity index is 1.33. The Labute approximate surface area is 243 Å². The van der Waals surface area contributed by atoms with Gasteiger partial charge in [0, 0.05) is 40.1 Å². The largest absolute Gasteiger partial charge is 0.487 e. The standard InChI is InChI=1S/C30H25ClF3N5OS/c1-17-11-18(5-10-25(17)31)23-3-2-4-28-29(23)39(21-8-6-19(32)7-9-21)30(36-28)41-16-24-26(33)12-22(13-27(24)34)40-15-20-14-35-38-37-20/h5-14,23H,2-4,15-16H2,1H3,(H,35,37,38). The molecule has 6 nitrogen and oxygen atoms in total. The molecule has 11 heteroatoms. The highest BCUT2D eigenvalue weighted by Crippen LogP contribution is 2.42. The lowest BCUT2D eigenvalue weighted by atomic mass is 9.83. The maximum Gasteiger partial charge on any atom is 0.173 e. The Kier molecular flexibility index (Phi) is 7.77. The monoisotopic (exact) mass is 595 g/mol. The summed E-state index contributed by atoms with van der Waals surface area (Å²) in [4.78, 5) is 4.94. The summed E-state index contributed by atoms with van der Waals surface area (Å²) in [5.41, 5.74) is 5.19. The second kappa shape index (κ2) is 11.6. The number of H-pyrrole nitrogens is 1. The number of halogens is 4. The molecule has 1 atom stereocenters. The quantitative estimate of drug-likeness (QED) is 0.186. The lowest BCUT2D eigenvalue weighted by Crippen LogP contribution is -2.15. The summed E-state index contributed by atoms with van der Waals surface area (Å²) in [6, 6.07) is 14.5. The van der Waals surface area contributed by atoms with Crippen molar-refractivity contribution >= 4 is 23.4 Å². The van der Waals surface area contributed by atoms with Crippen LogP contribution in [0.25, 0.3) is 5.69 Å². The van der Waals surface area contributed by atoms with Crippen molar-refractivity contribution in [3.63, 3.8) is 0 Å². The first-order valence-corrected chi connectivity index (χ1v) is 14.5. The summed E-state index contributed by atoms with van der Waals surface area (Å²) in [5, 5.41) is 11.3. The van der Waals surface area contributed by atoms with E-state index in [0.29, 0.717) is 15.9 Å². The highest BCUT2D eigenvalue weighted by molar-refractivity contribution is 7.98. The van der Waals surface area contributed by atoms with E-state index in [1.807, 2.05) is 23.6 Å². The van der Waals surface area contributed by atoms with Crippen LogP contribution in [0.1, 0.15) is 52.5 Å². The van der Waals surface area contributed by atoms with E-state index in [1.54, 1.807) is 12.1 Å². The van der Waals surface area contributed by atoms with Crippen LogP contribution in [-0.2, 0) is 18.8 Å². The molecule has 3 aromatic carbocycles. The fourth-order valence-electron chi connectivity index (χ4n) is 5.14. The molecule has 41 heavy (non-hydrogen) atoms. The van der Waals surface area contributed by atoms with E-state index in [4.69, 9.17) is 21.3 Å². The number of fused-ring (bicyclic) bond motifs is 1. The van der Waals surface area contributed by atoms with E-state index in [9.17, 15) is 4.39 Å². The molecule has 1 aliphatic carbocycles. The molecule has 210 valence electrons. The third kappa shape index (κ3) is 5.71. The van der Waals surface area contributed by atoms with Crippen molar-refractivity contribution in [3.05, 3.63) is 117 Å². The predicted molar refractivity (Wildman–Crippen MR) is 151 cm³/mol. The number of imidazole rings is 1. The number of rotatable bonds is 8. The Bertz CT molecular complexity index is 1670. The summed E-state index contributed by atoms with van der Waals surface area (Å²) in [6.07, 6.45) is 4.10. The van der Waals surface area contributed by atoms with Crippen molar-refractivity contribution in [1.82, 2.24) is 25.0 Å². The molecule has 1 unspecified atom stereocenters. The van der Waals surface area contributed by atoms with Crippen LogP contribution < -0.4 is 4.74 Å². The number of hydrogen-bond donors (Lipinski definition) is 1. The van der Waals surface area contributed by atoms with Crippen LogP contribution in [0.5, 0.6) is 5.75 Å². The molecule has 0 bridgehead atoms. The van der Waals surface area contributed by atoms with E-state index < -0.39 is 11.6 Å². The molecule has 0 saturated carbocycles. The Morgan fingerprint density at radius 1 is 1.07 bits per heavy atom. The van der Waals surface area contributed by atoms with Gasteiger partial charge in [0.25, 0.3) is 0 Å². The fourth-order valence-corrected chi connectivity index (χ4v) is 6.32. The van der Waals surface area contributed by atoms with Crippen molar-refractivity contribution in [3.8, 4) is 11.4 Å². The minimum atomic E-state index is -0.716. The first-order valence-electron chi connectivity index (χ1n) is 13.1. The third-order valence-corrected chi connectivity index (χ3v) is 8.57. The summed E-state index contributed by atoms with van der Waals surface area (Å²) in [5.74, 6) is -1.68. The van der Waals surface area contributed by atoms with Crippen molar-refractivity contribution in [1.29, 1.82) is 0 Å². The van der Waals surface area contributed by atoms with Crippen molar-refractivity contribution in [2.45, 2.75) is 49.6 Å². The number of aromatic nitrogens is 5. The summed E-state index contributed by atoms with van der Waals surface area (Å²) in [6.45, 7) is 2.00. The van der Waals surface area contributed by atoms with Crippen LogP contribution in [0.3, 0.4) is 0 Å². The van der Waals surface area contributed by atoms with Gasteiger partial charge in [-0.1, -0.05) is 35.5 Å². The molecule has 0 radical (unpaired) electrons. The molecule has 0 spiro atoms. The molecule has 6 rings (SSSR count). The van der Waals surface area contributed by atoms with Gasteiger partial charge in [-0.05, 0) is 67.6 Å². The molecule has 1 N–H and O–H groups in total. The van der Waals surface area contributed by atoms with Crippen LogP contribution in [0.4, 0.5) is 13.2 Å². The molecular weight excluding hydrogens is 571 g/mol. The number of aromatic amines is 1. The Morgan fingerprint density at radius 2 is 1.85 bits per heavy atom. The fraction of sp³-hybridized carbons (Fsp3) is 0.233. The zero-order valence-corrected chi connectivity index (χ0v) is 23.6. The van der Waals surface area contributed by atoms with Gasteiger partial charge in [-0.15, -0.1) is 0 Å². The van der Waals surface area contributed by atoms with Gasteiger partial charge in [0.05, 0.1) is 17.6 Å². The highest BCUT2D eigenvalue weighted by atomic mass is 35.5. The van der Waals surface area contributed by atoms with Crippen molar-refractivity contribution in [2.24, 2.45) is 0 Å². The molecule has 0 amide bonds. The lowest BCUT2D eigenvalue weighted by Gasteiger charge is -2.25. The number of hydrogen-bond acceptors (Lipinski definition) is 5. The number of benzene rings is 3. The minimum Gasteiger partial charge on any atom is -0.487 e. The minimum absolute atomic E-state index is 0.00302. The van der Waals surface area contributed by atoms with E-state index in [2.05, 4.69) is 21.5 Å². The van der Waals surface area contributed by atoms with Crippen LogP contribution in [0.2, 0.25) is 5.02 Å². The van der Waals surface area contributed by atoms with Gasteiger partial charge in [0.1, 0.15) is 35.5 Å². The van der Waals surface area contributed by atoms with Gasteiger partial charge in [0.2, 0.25) is 0 Å². The molecule has 1 aliphatic rings. The van der Waals surface area contributed by atoms with Gasteiger partial charge in [-0.3, -0.25) is 4.57 Å². The van der Waals surface area contributed by atoms with Gasteiger partial charge in [0.15, 0.2) is 5.16 Å². The van der Waals surface area contributed by atoms with Crippen LogP contribution >= 0.6 is 23.4 Å². The summed E-state index contributed by atoms with van der Waals surface area (Å²) < 4.78 is 51.5. The van der Waals surface area contributed by atoms with Gasteiger partial charge < -0.3 is 4.74 Å². The lowest BCUT2D eigenvalue weighted by molar-refractivity contribution is 0.297. The van der Waals surface area contributed by atoms with E-state index in [-0.39, 0.29) is 35.4 Å². The molecule has 0 saturated heterocycles. The number of nitrogens with zero attached hydrogens (tertiary/aromatic N) is 4. The topological polar surface area (TPSA) is 68.6 Å². The maximum atomic E-state index is 15.1. The van der Waals surface area contributed by atoms with Crippen LogP contribution in [0.15, 0.2) is 66.0 Å². The molecule has 2 aromatic heterocycles. The number of aryl methyl sites for hydroxylation is 2. The van der Waals surface area contributed by atoms with Crippen LogP contribution in [-0.4, -0.2) is 25.0 Å². The molecule has 0 fully saturated rings. The Hall–Kier alpha value is -3.76. The smallest absolute Gasteiger partial charge is 0.173 e. The van der Waals surface area contributed by atoms with E-state index in [1.165, 1.54) is 30.1 Å². The Morgan fingerprint density at radius 3 is 2.56 bits per heavy atom. The maximum absolute atomic E-state index is 15.1. The van der Waals surface area contributed by atoms with Crippen molar-refractivity contribution in [2.75, 3.05) is 0 Å². The third-order valence-electron chi connectivity index (χ3n) is 7.18. The van der Waals surface area contributed by atoms with E-state index in [0.717, 1.165) is 59.6 Å². The second-order valence-corrected chi connectivity index (χ2v) is 11.2. The average molecular weight is 596 g/mol. The number of nitrogens with one attached hydrogen (secondary N) is 1. The SMILES string of the molecule is Cc1cc(C2CCCc3nc(SCc4c(F)cc(OCc5cn[nH]n5)cc4F)n(-c4ccc(F)cc4)c32)ccc1Cl. The van der Waals surface area contributed by atoms with Gasteiger partial charge >= 0.3 is 0 Å². The molecular formula is C30H25ClF3N5OS. The summed E-state index contributed by atoms with van der Waals surface area (Å²) >= 11 is 7.54. The average Bonchev–Trinajstić information content (AvgIpc) is 3.61. The predicted octanol–water partition coefficient (Wildman–Crippen LogP) is 7.71. The first-order chi connectivity index (χ1) is 19.9. The van der Waals surface area contributed by atoms with Crippen molar-refractivity contribution < 1.29 is 17.9 Å². The summed E-state index contributed by atoms with van der Waals surface area (Å²) in [7, 11) is 0. The first kappa shape index (κ1) is 27.4. The second-order valence-electron chi connectivity index (χ2n) is 9.90. The number of thioether (sulfide) groups is 1. The molecule has 2 heterocycles. The molecule has 5 aromatic rings. The zero-order valence-electron chi connectivity index (χ0n) is 22.0. The van der Waals surface area contributed by atoms with Gasteiger partial charge in [-0.2, -0.15) is 15.4 Å². The number of ether oxygens (including phenoxy) is 1. The van der Waals surface area contributed by atoms with Crippen LogP contribution in [0, 0.1) is 24.4 Å².